The summed E-state index contributed by atoms with van der Waals surface area (Å²) >= 11 is 3.23. The first-order valence-electron chi connectivity index (χ1n) is 3.81. The van der Waals surface area contributed by atoms with Gasteiger partial charge in [0.2, 0.25) is 0 Å². The minimum absolute atomic E-state index is 0.221. The van der Waals surface area contributed by atoms with Gasteiger partial charge in [-0.2, -0.15) is 0 Å². The summed E-state index contributed by atoms with van der Waals surface area (Å²) in [6.45, 7) is -0.441. The molecule has 2 heterocycles. The molecule has 0 spiro atoms. The van der Waals surface area contributed by atoms with Crippen molar-refractivity contribution in [2.75, 3.05) is 18.0 Å². The lowest BCUT2D eigenvalue weighted by Gasteiger charge is -2.39. The second-order valence-corrected chi connectivity index (χ2v) is 3.96. The number of pyridine rings is 1. The molecule has 5 heteroatoms. The van der Waals surface area contributed by atoms with E-state index in [9.17, 15) is 8.78 Å². The average molecular weight is 249 g/mol. The fourth-order valence-corrected chi connectivity index (χ4v) is 1.46. The van der Waals surface area contributed by atoms with E-state index in [0.717, 1.165) is 4.47 Å². The van der Waals surface area contributed by atoms with Gasteiger partial charge >= 0.3 is 0 Å². The van der Waals surface area contributed by atoms with Crippen LogP contribution in [0.3, 0.4) is 0 Å². The van der Waals surface area contributed by atoms with E-state index in [1.807, 2.05) is 0 Å². The van der Waals surface area contributed by atoms with Crippen LogP contribution in [0.25, 0.3) is 0 Å². The minimum atomic E-state index is -2.53. The van der Waals surface area contributed by atoms with Gasteiger partial charge in [0.1, 0.15) is 5.82 Å². The average Bonchev–Trinajstić information content (AvgIpc) is 2.01. The van der Waals surface area contributed by atoms with E-state index in [1.165, 1.54) is 0 Å². The third kappa shape index (κ3) is 1.80. The molecule has 0 N–H and O–H groups in total. The van der Waals surface area contributed by atoms with Gasteiger partial charge in [-0.05, 0) is 28.1 Å². The van der Waals surface area contributed by atoms with Gasteiger partial charge in [0.15, 0.2) is 0 Å². The maximum absolute atomic E-state index is 12.5. The van der Waals surface area contributed by atoms with Crippen molar-refractivity contribution in [2.45, 2.75) is 5.92 Å². The molecule has 0 amide bonds. The van der Waals surface area contributed by atoms with Crippen LogP contribution in [0.1, 0.15) is 0 Å². The molecule has 0 radical (unpaired) electrons. The predicted octanol–water partition coefficient (Wildman–Crippen LogP) is 2.30. The summed E-state index contributed by atoms with van der Waals surface area (Å²) in [4.78, 5) is 5.56. The van der Waals surface area contributed by atoms with Crippen molar-refractivity contribution < 1.29 is 8.78 Å². The number of anilines is 1. The Morgan fingerprint density at radius 2 is 2.08 bits per heavy atom. The largest absolute Gasteiger partial charge is 0.344 e. The fraction of sp³-hybridized carbons (Fsp3) is 0.375. The highest BCUT2D eigenvalue weighted by molar-refractivity contribution is 9.10. The molecule has 13 heavy (non-hydrogen) atoms. The van der Waals surface area contributed by atoms with Gasteiger partial charge in [0.05, 0.1) is 13.1 Å². The molecule has 0 aliphatic carbocycles. The predicted molar refractivity (Wildman–Crippen MR) is 49.1 cm³/mol. The number of hydrogen-bond acceptors (Lipinski definition) is 2. The third-order valence-electron chi connectivity index (χ3n) is 1.88. The normalized spacial score (nSPS) is 19.8. The summed E-state index contributed by atoms with van der Waals surface area (Å²) in [7, 11) is 0. The first kappa shape index (κ1) is 8.87. The number of alkyl halides is 2. The van der Waals surface area contributed by atoms with Crippen LogP contribution in [-0.2, 0) is 0 Å². The molecule has 1 aromatic heterocycles. The molecule has 0 saturated carbocycles. The number of rotatable bonds is 1. The van der Waals surface area contributed by atoms with Crippen LogP contribution in [0, 0.1) is 0 Å². The number of nitrogens with zero attached hydrogens (tertiary/aromatic N) is 2. The summed E-state index contributed by atoms with van der Waals surface area (Å²) in [5, 5.41) is 0. The SMILES string of the molecule is FC1(F)CN(c2ccc(Br)cn2)C1. The van der Waals surface area contributed by atoms with Crippen LogP contribution < -0.4 is 4.90 Å². The van der Waals surface area contributed by atoms with Crippen molar-refractivity contribution in [1.82, 2.24) is 4.98 Å². The molecule has 0 atom stereocenters. The van der Waals surface area contributed by atoms with Crippen LogP contribution in [-0.4, -0.2) is 24.0 Å². The Balaban J connectivity index is 2.08. The summed E-state index contributed by atoms with van der Waals surface area (Å²) in [5.74, 6) is -1.93. The molecular weight excluding hydrogens is 242 g/mol. The Bertz CT molecular complexity index is 304. The van der Waals surface area contributed by atoms with Gasteiger partial charge in [-0.15, -0.1) is 0 Å². The van der Waals surface area contributed by atoms with Crippen LogP contribution in [0.15, 0.2) is 22.8 Å². The standard InChI is InChI=1S/C8H7BrF2N2/c9-6-1-2-7(12-3-6)13-4-8(10,11)5-13/h1-3H,4-5H2. The molecule has 0 aromatic carbocycles. The van der Waals surface area contributed by atoms with Crippen LogP contribution in [0.2, 0.25) is 0 Å². The van der Waals surface area contributed by atoms with Crippen molar-refractivity contribution in [1.29, 1.82) is 0 Å². The first-order valence-corrected chi connectivity index (χ1v) is 4.60. The number of hydrogen-bond donors (Lipinski definition) is 0. The van der Waals surface area contributed by atoms with Gasteiger partial charge < -0.3 is 4.90 Å². The molecular formula is C8H7BrF2N2. The molecule has 2 rings (SSSR count). The highest BCUT2D eigenvalue weighted by atomic mass is 79.9. The zero-order valence-electron chi connectivity index (χ0n) is 6.67. The molecule has 2 nitrogen and oxygen atoms in total. The van der Waals surface area contributed by atoms with Crippen LogP contribution in [0.4, 0.5) is 14.6 Å². The third-order valence-corrected chi connectivity index (χ3v) is 2.35. The zero-order valence-corrected chi connectivity index (χ0v) is 8.26. The summed E-state index contributed by atoms with van der Waals surface area (Å²) in [6.07, 6.45) is 1.60. The monoisotopic (exact) mass is 248 g/mol. The Labute approximate surface area is 82.7 Å². The van der Waals surface area contributed by atoms with E-state index in [2.05, 4.69) is 20.9 Å². The number of halogens is 3. The van der Waals surface area contributed by atoms with Gasteiger partial charge in [-0.3, -0.25) is 0 Å². The second-order valence-electron chi connectivity index (χ2n) is 3.05. The van der Waals surface area contributed by atoms with Gasteiger partial charge in [-0.25, -0.2) is 13.8 Å². The summed E-state index contributed by atoms with van der Waals surface area (Å²) < 4.78 is 25.8. The summed E-state index contributed by atoms with van der Waals surface area (Å²) in [6, 6.07) is 3.51. The van der Waals surface area contributed by atoms with Crippen molar-refractivity contribution in [3.05, 3.63) is 22.8 Å². The molecule has 0 unspecified atom stereocenters. The zero-order chi connectivity index (χ0) is 9.47. The van der Waals surface area contributed by atoms with E-state index in [1.54, 1.807) is 23.2 Å². The maximum Gasteiger partial charge on any atom is 0.282 e. The molecule has 1 aromatic rings. The molecule has 1 aliphatic rings. The van der Waals surface area contributed by atoms with Crippen molar-refractivity contribution in [3.8, 4) is 0 Å². The Kier molecular flexibility index (Phi) is 1.98. The van der Waals surface area contributed by atoms with E-state index in [-0.39, 0.29) is 13.1 Å². The number of aromatic nitrogens is 1. The highest BCUT2D eigenvalue weighted by Crippen LogP contribution is 2.30. The van der Waals surface area contributed by atoms with Crippen LogP contribution in [0.5, 0.6) is 0 Å². The van der Waals surface area contributed by atoms with Gasteiger partial charge in [0.25, 0.3) is 5.92 Å². The van der Waals surface area contributed by atoms with E-state index in [4.69, 9.17) is 0 Å². The van der Waals surface area contributed by atoms with Crippen molar-refractivity contribution in [3.63, 3.8) is 0 Å². The lowest BCUT2D eigenvalue weighted by molar-refractivity contribution is -0.0267. The van der Waals surface area contributed by atoms with Gasteiger partial charge in [0, 0.05) is 10.7 Å². The maximum atomic E-state index is 12.5. The fourth-order valence-electron chi connectivity index (χ4n) is 1.23. The van der Waals surface area contributed by atoms with Crippen molar-refractivity contribution in [2.24, 2.45) is 0 Å². The minimum Gasteiger partial charge on any atom is -0.344 e. The Morgan fingerprint density at radius 1 is 1.38 bits per heavy atom. The van der Waals surface area contributed by atoms with E-state index >= 15 is 0 Å². The van der Waals surface area contributed by atoms with Crippen molar-refractivity contribution >= 4 is 21.7 Å². The quantitative estimate of drug-likeness (QED) is 0.759. The van der Waals surface area contributed by atoms with Gasteiger partial charge in [-0.1, -0.05) is 0 Å². The second kappa shape index (κ2) is 2.90. The Morgan fingerprint density at radius 3 is 2.54 bits per heavy atom. The highest BCUT2D eigenvalue weighted by Gasteiger charge is 2.44. The molecule has 0 bridgehead atoms. The molecule has 1 saturated heterocycles. The summed E-state index contributed by atoms with van der Waals surface area (Å²) in [5.41, 5.74) is 0. The van der Waals surface area contributed by atoms with Crippen LogP contribution >= 0.6 is 15.9 Å². The van der Waals surface area contributed by atoms with E-state index < -0.39 is 5.92 Å². The molecule has 1 aliphatic heterocycles. The smallest absolute Gasteiger partial charge is 0.282 e. The topological polar surface area (TPSA) is 16.1 Å². The Hall–Kier alpha value is -0.710. The lowest BCUT2D eigenvalue weighted by atomic mass is 10.1. The molecule has 70 valence electrons. The lowest BCUT2D eigenvalue weighted by Crippen LogP contribution is -2.56. The first-order chi connectivity index (χ1) is 6.07. The van der Waals surface area contributed by atoms with E-state index in [0.29, 0.717) is 5.82 Å². The molecule has 1 fully saturated rings.